The first kappa shape index (κ1) is 19.5. The molecule has 0 spiro atoms. The molecule has 5 nitrogen and oxygen atoms in total. The highest BCUT2D eigenvalue weighted by atomic mass is 16.5. The van der Waals surface area contributed by atoms with Crippen molar-refractivity contribution >= 4 is 16.9 Å². The maximum absolute atomic E-state index is 12.5. The van der Waals surface area contributed by atoms with E-state index in [0.717, 1.165) is 42.0 Å². The van der Waals surface area contributed by atoms with Crippen molar-refractivity contribution in [2.24, 2.45) is 0 Å². The average Bonchev–Trinajstić information content (AvgIpc) is 3.35. The van der Waals surface area contributed by atoms with Gasteiger partial charge in [0.15, 0.2) is 0 Å². The number of ether oxygens (including phenoxy) is 1. The minimum atomic E-state index is 0.0514. The molecule has 1 atom stereocenters. The van der Waals surface area contributed by atoms with Gasteiger partial charge in [0.2, 0.25) is 5.91 Å². The quantitative estimate of drug-likeness (QED) is 0.606. The zero-order valence-corrected chi connectivity index (χ0v) is 17.5. The third-order valence-electron chi connectivity index (χ3n) is 5.99. The molecule has 3 aromatic rings. The second-order valence-corrected chi connectivity index (χ2v) is 7.76. The van der Waals surface area contributed by atoms with Crippen LogP contribution in [0.15, 0.2) is 42.5 Å². The topological polar surface area (TPSA) is 47.4 Å². The Hall–Kier alpha value is -2.82. The number of fused-ring (bicyclic) bond motifs is 1. The molecule has 29 heavy (non-hydrogen) atoms. The Morgan fingerprint density at radius 2 is 2.00 bits per heavy atom. The van der Waals surface area contributed by atoms with Crippen LogP contribution in [-0.4, -0.2) is 33.5 Å². The van der Waals surface area contributed by atoms with Crippen LogP contribution in [-0.2, 0) is 11.3 Å². The van der Waals surface area contributed by atoms with Crippen molar-refractivity contribution in [1.29, 1.82) is 0 Å². The van der Waals surface area contributed by atoms with Crippen LogP contribution in [0, 0.1) is 13.8 Å². The van der Waals surface area contributed by atoms with Gasteiger partial charge in [-0.15, -0.1) is 0 Å². The molecule has 152 valence electrons. The highest BCUT2D eigenvalue weighted by Crippen LogP contribution is 2.34. The van der Waals surface area contributed by atoms with Gasteiger partial charge in [0.1, 0.15) is 18.2 Å². The molecule has 0 radical (unpaired) electrons. The second-order valence-electron chi connectivity index (χ2n) is 7.76. The number of benzene rings is 2. The van der Waals surface area contributed by atoms with Crippen molar-refractivity contribution < 1.29 is 9.53 Å². The first-order valence-electron chi connectivity index (χ1n) is 10.5. The Morgan fingerprint density at radius 1 is 1.17 bits per heavy atom. The van der Waals surface area contributed by atoms with E-state index in [2.05, 4.69) is 30.5 Å². The van der Waals surface area contributed by atoms with Crippen LogP contribution in [0.1, 0.15) is 49.2 Å². The SMILES string of the molecule is CCC(=O)N1CCC[C@H]1c1nc2ccccc2n1CCOc1cccc(C)c1C. The fourth-order valence-corrected chi connectivity index (χ4v) is 4.25. The summed E-state index contributed by atoms with van der Waals surface area (Å²) in [6, 6.07) is 14.4. The van der Waals surface area contributed by atoms with Crippen molar-refractivity contribution in [3.8, 4) is 5.75 Å². The molecule has 1 aromatic heterocycles. The van der Waals surface area contributed by atoms with E-state index in [0.29, 0.717) is 19.6 Å². The molecule has 2 aromatic carbocycles. The Kier molecular flexibility index (Phi) is 5.56. The number of amides is 1. The number of nitrogens with zero attached hydrogens (tertiary/aromatic N) is 3. The highest BCUT2D eigenvalue weighted by molar-refractivity contribution is 5.78. The third-order valence-corrected chi connectivity index (χ3v) is 5.99. The number of aryl methyl sites for hydroxylation is 1. The van der Waals surface area contributed by atoms with Gasteiger partial charge < -0.3 is 14.2 Å². The fraction of sp³-hybridized carbons (Fsp3) is 0.417. The van der Waals surface area contributed by atoms with E-state index in [4.69, 9.17) is 9.72 Å². The van der Waals surface area contributed by atoms with E-state index in [9.17, 15) is 4.79 Å². The molecule has 1 amide bonds. The van der Waals surface area contributed by atoms with Gasteiger partial charge in [0.05, 0.1) is 23.6 Å². The summed E-state index contributed by atoms with van der Waals surface area (Å²) in [5, 5.41) is 0. The fourth-order valence-electron chi connectivity index (χ4n) is 4.25. The lowest BCUT2D eigenvalue weighted by molar-refractivity contribution is -0.131. The molecule has 1 saturated heterocycles. The number of hydrogen-bond acceptors (Lipinski definition) is 3. The van der Waals surface area contributed by atoms with Crippen molar-refractivity contribution in [2.45, 2.75) is 52.6 Å². The number of hydrogen-bond donors (Lipinski definition) is 0. The van der Waals surface area contributed by atoms with Gasteiger partial charge in [-0.25, -0.2) is 4.98 Å². The average molecular weight is 392 g/mol. The maximum Gasteiger partial charge on any atom is 0.222 e. The first-order valence-corrected chi connectivity index (χ1v) is 10.5. The van der Waals surface area contributed by atoms with Gasteiger partial charge in [-0.05, 0) is 56.0 Å². The lowest BCUT2D eigenvalue weighted by Crippen LogP contribution is -2.31. The standard InChI is InChI=1S/C24H29N3O2/c1-4-23(28)26-14-8-12-21(26)24-25-19-10-5-6-11-20(19)27(24)15-16-29-22-13-7-9-17(2)18(22)3/h5-7,9-11,13,21H,4,8,12,14-16H2,1-3H3/t21-/m0/s1. The first-order chi connectivity index (χ1) is 14.1. The molecule has 1 aliphatic rings. The van der Waals surface area contributed by atoms with E-state index < -0.39 is 0 Å². The Bertz CT molecular complexity index is 1020. The number of carbonyl (C=O) groups excluding carboxylic acids is 1. The number of aromatic nitrogens is 2. The van der Waals surface area contributed by atoms with E-state index in [-0.39, 0.29) is 11.9 Å². The predicted octanol–water partition coefficient (Wildman–Crippen LogP) is 4.81. The number of para-hydroxylation sites is 2. The molecule has 0 bridgehead atoms. The lowest BCUT2D eigenvalue weighted by atomic mass is 10.1. The smallest absolute Gasteiger partial charge is 0.222 e. The zero-order chi connectivity index (χ0) is 20.4. The van der Waals surface area contributed by atoms with Crippen LogP contribution < -0.4 is 4.74 Å². The summed E-state index contributed by atoms with van der Waals surface area (Å²) in [7, 11) is 0. The summed E-state index contributed by atoms with van der Waals surface area (Å²) in [6.45, 7) is 8.21. The summed E-state index contributed by atoms with van der Waals surface area (Å²) in [6.07, 6.45) is 2.53. The molecule has 5 heteroatoms. The monoisotopic (exact) mass is 391 g/mol. The Morgan fingerprint density at radius 3 is 2.83 bits per heavy atom. The molecule has 0 unspecified atom stereocenters. The summed E-state index contributed by atoms with van der Waals surface area (Å²) in [5.41, 5.74) is 4.49. The summed E-state index contributed by atoms with van der Waals surface area (Å²) in [5.74, 6) is 2.12. The maximum atomic E-state index is 12.5. The molecular weight excluding hydrogens is 362 g/mol. The Balaban J connectivity index is 1.62. The van der Waals surface area contributed by atoms with E-state index in [1.807, 2.05) is 42.2 Å². The van der Waals surface area contributed by atoms with Crippen LogP contribution in [0.4, 0.5) is 0 Å². The predicted molar refractivity (Wildman–Crippen MR) is 115 cm³/mol. The highest BCUT2D eigenvalue weighted by Gasteiger charge is 2.32. The summed E-state index contributed by atoms with van der Waals surface area (Å²) >= 11 is 0. The van der Waals surface area contributed by atoms with E-state index in [1.165, 1.54) is 11.1 Å². The molecule has 0 aliphatic carbocycles. The number of imidazole rings is 1. The van der Waals surface area contributed by atoms with E-state index in [1.54, 1.807) is 0 Å². The molecular formula is C24H29N3O2. The van der Waals surface area contributed by atoms with Crippen LogP contribution in [0.3, 0.4) is 0 Å². The lowest BCUT2D eigenvalue weighted by Gasteiger charge is -2.25. The van der Waals surface area contributed by atoms with Crippen molar-refractivity contribution in [3.05, 3.63) is 59.4 Å². The minimum absolute atomic E-state index is 0.0514. The van der Waals surface area contributed by atoms with Gasteiger partial charge in [-0.2, -0.15) is 0 Å². The van der Waals surface area contributed by atoms with Crippen LogP contribution >= 0.6 is 0 Å². The van der Waals surface area contributed by atoms with Crippen molar-refractivity contribution in [3.63, 3.8) is 0 Å². The van der Waals surface area contributed by atoms with Crippen molar-refractivity contribution in [2.75, 3.05) is 13.2 Å². The van der Waals surface area contributed by atoms with Crippen LogP contribution in [0.2, 0.25) is 0 Å². The van der Waals surface area contributed by atoms with Crippen LogP contribution in [0.25, 0.3) is 11.0 Å². The van der Waals surface area contributed by atoms with Gasteiger partial charge in [-0.1, -0.05) is 31.2 Å². The zero-order valence-electron chi connectivity index (χ0n) is 17.5. The van der Waals surface area contributed by atoms with E-state index >= 15 is 0 Å². The molecule has 0 saturated carbocycles. The van der Waals surface area contributed by atoms with Gasteiger partial charge >= 0.3 is 0 Å². The number of likely N-dealkylation sites (tertiary alicyclic amines) is 1. The molecule has 1 fully saturated rings. The minimum Gasteiger partial charge on any atom is -0.491 e. The molecule has 1 aliphatic heterocycles. The summed E-state index contributed by atoms with van der Waals surface area (Å²) < 4.78 is 8.37. The van der Waals surface area contributed by atoms with Gasteiger partial charge in [0.25, 0.3) is 0 Å². The largest absolute Gasteiger partial charge is 0.491 e. The third kappa shape index (κ3) is 3.74. The normalized spacial score (nSPS) is 16.5. The molecule has 2 heterocycles. The van der Waals surface area contributed by atoms with Gasteiger partial charge in [-0.3, -0.25) is 4.79 Å². The molecule has 4 rings (SSSR count). The van der Waals surface area contributed by atoms with Crippen molar-refractivity contribution in [1.82, 2.24) is 14.5 Å². The Labute approximate surface area is 172 Å². The number of rotatable bonds is 6. The molecule has 0 N–H and O–H groups in total. The second kappa shape index (κ2) is 8.27. The van der Waals surface area contributed by atoms with Crippen LogP contribution in [0.5, 0.6) is 5.75 Å². The summed E-state index contributed by atoms with van der Waals surface area (Å²) in [4.78, 5) is 19.4. The number of carbonyl (C=O) groups is 1. The van der Waals surface area contributed by atoms with Gasteiger partial charge in [0, 0.05) is 13.0 Å².